The number of carboxylic acids is 1. The van der Waals surface area contributed by atoms with Crippen LogP contribution in [0.25, 0.3) is 0 Å². The molecule has 1 aliphatic heterocycles. The van der Waals surface area contributed by atoms with Crippen LogP contribution in [-0.4, -0.2) is 65.0 Å². The van der Waals surface area contributed by atoms with E-state index in [0.29, 0.717) is 23.4 Å². The molecule has 0 atom stereocenters. The van der Waals surface area contributed by atoms with Crippen molar-refractivity contribution < 1.29 is 14.7 Å². The van der Waals surface area contributed by atoms with E-state index in [0.717, 1.165) is 26.1 Å². The third kappa shape index (κ3) is 2.70. The van der Waals surface area contributed by atoms with Gasteiger partial charge in [0.2, 0.25) is 0 Å². The van der Waals surface area contributed by atoms with Crippen LogP contribution in [0.3, 0.4) is 0 Å². The molecule has 1 aromatic rings. The van der Waals surface area contributed by atoms with Crippen molar-refractivity contribution in [3.05, 3.63) is 22.5 Å². The van der Waals surface area contributed by atoms with E-state index in [1.165, 1.54) is 0 Å². The fourth-order valence-electron chi connectivity index (χ4n) is 2.69. The van der Waals surface area contributed by atoms with Gasteiger partial charge in [-0.2, -0.15) is 0 Å². The molecule has 0 radical (unpaired) electrons. The van der Waals surface area contributed by atoms with Gasteiger partial charge in [-0.3, -0.25) is 4.79 Å². The molecule has 1 amide bonds. The fraction of sp³-hybridized carbons (Fsp3) is 0.571. The summed E-state index contributed by atoms with van der Waals surface area (Å²) in [5.74, 6) is -1.10. The van der Waals surface area contributed by atoms with E-state index in [1.54, 1.807) is 13.8 Å². The Labute approximate surface area is 118 Å². The lowest BCUT2D eigenvalue weighted by molar-refractivity contribution is 0.0690. The SMILES string of the molecule is Cc1[nH]c(C(=O)O)c(C)c1C(=O)N1CCCN(C)CC1. The van der Waals surface area contributed by atoms with Gasteiger partial charge in [-0.25, -0.2) is 4.79 Å². The molecule has 6 nitrogen and oxygen atoms in total. The predicted octanol–water partition coefficient (Wildman–Crippen LogP) is 1.11. The highest BCUT2D eigenvalue weighted by molar-refractivity contribution is 6.00. The Morgan fingerprint density at radius 3 is 2.45 bits per heavy atom. The second-order valence-corrected chi connectivity index (χ2v) is 5.38. The van der Waals surface area contributed by atoms with Crippen molar-refractivity contribution in [2.45, 2.75) is 20.3 Å². The molecule has 1 aliphatic rings. The minimum atomic E-state index is -1.03. The number of amides is 1. The summed E-state index contributed by atoms with van der Waals surface area (Å²) in [6.45, 7) is 6.66. The quantitative estimate of drug-likeness (QED) is 0.850. The number of aromatic carboxylic acids is 1. The van der Waals surface area contributed by atoms with Gasteiger partial charge in [-0.15, -0.1) is 0 Å². The van der Waals surface area contributed by atoms with Crippen molar-refractivity contribution in [1.29, 1.82) is 0 Å². The topological polar surface area (TPSA) is 76.6 Å². The number of aromatic nitrogens is 1. The molecule has 0 unspecified atom stereocenters. The van der Waals surface area contributed by atoms with Gasteiger partial charge in [0, 0.05) is 25.3 Å². The molecule has 0 saturated carbocycles. The summed E-state index contributed by atoms with van der Waals surface area (Å²) in [5, 5.41) is 9.11. The first-order valence-electron chi connectivity index (χ1n) is 6.82. The smallest absolute Gasteiger partial charge is 0.352 e. The van der Waals surface area contributed by atoms with E-state index in [1.807, 2.05) is 11.9 Å². The number of nitrogens with zero attached hydrogens (tertiary/aromatic N) is 2. The van der Waals surface area contributed by atoms with E-state index >= 15 is 0 Å². The summed E-state index contributed by atoms with van der Waals surface area (Å²) in [5.41, 5.74) is 1.77. The monoisotopic (exact) mass is 279 g/mol. The molecule has 2 rings (SSSR count). The van der Waals surface area contributed by atoms with Crippen molar-refractivity contribution >= 4 is 11.9 Å². The Bertz CT molecular complexity index is 536. The number of aryl methyl sites for hydroxylation is 1. The largest absolute Gasteiger partial charge is 0.477 e. The summed E-state index contributed by atoms with van der Waals surface area (Å²) in [6, 6.07) is 0. The van der Waals surface area contributed by atoms with E-state index < -0.39 is 5.97 Å². The van der Waals surface area contributed by atoms with Crippen LogP contribution >= 0.6 is 0 Å². The minimum absolute atomic E-state index is 0.0703. The Morgan fingerprint density at radius 2 is 1.85 bits per heavy atom. The van der Waals surface area contributed by atoms with Crippen LogP contribution in [0.1, 0.15) is 38.5 Å². The van der Waals surface area contributed by atoms with Crippen LogP contribution in [0.4, 0.5) is 0 Å². The normalized spacial score (nSPS) is 17.1. The number of H-pyrrole nitrogens is 1. The third-order valence-electron chi connectivity index (χ3n) is 3.87. The second kappa shape index (κ2) is 5.66. The Morgan fingerprint density at radius 1 is 1.15 bits per heavy atom. The van der Waals surface area contributed by atoms with Gasteiger partial charge in [-0.05, 0) is 39.4 Å². The van der Waals surface area contributed by atoms with Crippen molar-refractivity contribution in [2.24, 2.45) is 0 Å². The molecule has 0 aromatic carbocycles. The van der Waals surface area contributed by atoms with Crippen LogP contribution in [-0.2, 0) is 0 Å². The molecular weight excluding hydrogens is 258 g/mol. The number of aromatic amines is 1. The third-order valence-corrected chi connectivity index (χ3v) is 3.87. The highest BCUT2D eigenvalue weighted by atomic mass is 16.4. The van der Waals surface area contributed by atoms with Gasteiger partial charge in [0.1, 0.15) is 5.69 Å². The zero-order valence-corrected chi connectivity index (χ0v) is 12.2. The van der Waals surface area contributed by atoms with Gasteiger partial charge in [0.05, 0.1) is 5.56 Å². The zero-order chi connectivity index (χ0) is 14.9. The zero-order valence-electron chi connectivity index (χ0n) is 12.2. The van der Waals surface area contributed by atoms with E-state index in [4.69, 9.17) is 5.11 Å². The molecule has 2 heterocycles. The van der Waals surface area contributed by atoms with E-state index in [2.05, 4.69) is 9.88 Å². The Hall–Kier alpha value is -1.82. The van der Waals surface area contributed by atoms with Crippen molar-refractivity contribution in [2.75, 3.05) is 33.2 Å². The predicted molar refractivity (Wildman–Crippen MR) is 75.2 cm³/mol. The van der Waals surface area contributed by atoms with Crippen LogP contribution in [0.5, 0.6) is 0 Å². The molecule has 1 saturated heterocycles. The van der Waals surface area contributed by atoms with E-state index in [-0.39, 0.29) is 11.6 Å². The van der Waals surface area contributed by atoms with Crippen LogP contribution < -0.4 is 0 Å². The number of nitrogens with one attached hydrogen (secondary N) is 1. The Kier molecular flexibility index (Phi) is 4.13. The standard InChI is InChI=1S/C14H21N3O3/c1-9-11(10(2)15-12(9)14(19)20)13(18)17-6-4-5-16(3)7-8-17/h15H,4-8H2,1-3H3,(H,19,20). The molecule has 6 heteroatoms. The van der Waals surface area contributed by atoms with Gasteiger partial charge in [0.25, 0.3) is 5.91 Å². The number of hydrogen-bond acceptors (Lipinski definition) is 3. The first-order chi connectivity index (χ1) is 9.41. The summed E-state index contributed by atoms with van der Waals surface area (Å²) >= 11 is 0. The average Bonchev–Trinajstić information content (AvgIpc) is 2.56. The lowest BCUT2D eigenvalue weighted by atomic mass is 10.1. The van der Waals surface area contributed by atoms with Crippen molar-refractivity contribution in [1.82, 2.24) is 14.8 Å². The summed E-state index contributed by atoms with van der Waals surface area (Å²) in [7, 11) is 2.04. The maximum atomic E-state index is 12.6. The second-order valence-electron chi connectivity index (χ2n) is 5.38. The molecule has 2 N–H and O–H groups in total. The number of carbonyl (C=O) groups is 2. The van der Waals surface area contributed by atoms with Crippen molar-refractivity contribution in [3.8, 4) is 0 Å². The van der Waals surface area contributed by atoms with Gasteiger partial charge >= 0.3 is 5.97 Å². The lowest BCUT2D eigenvalue weighted by Gasteiger charge is -2.21. The molecular formula is C14H21N3O3. The first-order valence-corrected chi connectivity index (χ1v) is 6.82. The maximum Gasteiger partial charge on any atom is 0.352 e. The highest BCUT2D eigenvalue weighted by Gasteiger charge is 2.26. The molecule has 20 heavy (non-hydrogen) atoms. The van der Waals surface area contributed by atoms with E-state index in [9.17, 15) is 9.59 Å². The van der Waals surface area contributed by atoms with Gasteiger partial charge in [0.15, 0.2) is 0 Å². The Balaban J connectivity index is 2.27. The van der Waals surface area contributed by atoms with Crippen molar-refractivity contribution in [3.63, 3.8) is 0 Å². The number of likely N-dealkylation sites (N-methyl/N-ethyl adjacent to an activating group) is 1. The van der Waals surface area contributed by atoms with Gasteiger partial charge in [-0.1, -0.05) is 0 Å². The van der Waals surface area contributed by atoms with Gasteiger partial charge < -0.3 is 19.9 Å². The lowest BCUT2D eigenvalue weighted by Crippen LogP contribution is -2.35. The summed E-state index contributed by atoms with van der Waals surface area (Å²) < 4.78 is 0. The summed E-state index contributed by atoms with van der Waals surface area (Å²) in [4.78, 5) is 30.6. The minimum Gasteiger partial charge on any atom is -0.477 e. The average molecular weight is 279 g/mol. The molecule has 0 bridgehead atoms. The number of rotatable bonds is 2. The first kappa shape index (κ1) is 14.6. The number of carbonyl (C=O) groups excluding carboxylic acids is 1. The molecule has 1 fully saturated rings. The number of hydrogen-bond donors (Lipinski definition) is 2. The number of carboxylic acid groups (broad SMARTS) is 1. The van der Waals surface area contributed by atoms with Crippen LogP contribution in [0, 0.1) is 13.8 Å². The fourth-order valence-corrected chi connectivity index (χ4v) is 2.69. The maximum absolute atomic E-state index is 12.6. The van der Waals surface area contributed by atoms with Crippen LogP contribution in [0.15, 0.2) is 0 Å². The molecule has 110 valence electrons. The van der Waals surface area contributed by atoms with Crippen LogP contribution in [0.2, 0.25) is 0 Å². The molecule has 0 spiro atoms. The summed E-state index contributed by atoms with van der Waals surface area (Å²) in [6.07, 6.45) is 0.941. The molecule has 0 aliphatic carbocycles. The molecule has 1 aromatic heterocycles. The highest BCUT2D eigenvalue weighted by Crippen LogP contribution is 2.20.